The molecule has 5 heteroatoms. The highest BCUT2D eigenvalue weighted by atomic mass is 16.6. The molecule has 1 N–H and O–H groups in total. The van der Waals surface area contributed by atoms with Gasteiger partial charge in [-0.1, -0.05) is 6.07 Å². The van der Waals surface area contributed by atoms with Gasteiger partial charge >= 0.3 is 0 Å². The zero-order valence-electron chi connectivity index (χ0n) is 9.21. The van der Waals surface area contributed by atoms with E-state index < -0.39 is 4.92 Å². The van der Waals surface area contributed by atoms with Crippen LogP contribution in [0.2, 0.25) is 0 Å². The van der Waals surface area contributed by atoms with Crippen LogP contribution in [0.5, 0.6) is 5.75 Å². The number of nitrogens with zero attached hydrogens (tertiary/aromatic N) is 1. The van der Waals surface area contributed by atoms with E-state index in [9.17, 15) is 10.1 Å². The molecule has 0 radical (unpaired) electrons. The van der Waals surface area contributed by atoms with Crippen molar-refractivity contribution >= 4 is 16.5 Å². The molecule has 88 valence electrons. The van der Waals surface area contributed by atoms with Gasteiger partial charge < -0.3 is 9.84 Å². The zero-order valence-corrected chi connectivity index (χ0v) is 9.21. The molecular weight excluding hydrogens is 222 g/mol. The van der Waals surface area contributed by atoms with E-state index in [4.69, 9.17) is 9.84 Å². The van der Waals surface area contributed by atoms with E-state index in [1.807, 2.05) is 0 Å². The lowest BCUT2D eigenvalue weighted by molar-refractivity contribution is -0.385. The summed E-state index contributed by atoms with van der Waals surface area (Å²) in [5, 5.41) is 21.5. The lowest BCUT2D eigenvalue weighted by Crippen LogP contribution is -1.95. The molecule has 2 rings (SSSR count). The van der Waals surface area contributed by atoms with Crippen molar-refractivity contribution in [2.75, 3.05) is 7.11 Å². The number of rotatable bonds is 3. The highest BCUT2D eigenvalue weighted by Gasteiger charge is 2.14. The van der Waals surface area contributed by atoms with Crippen molar-refractivity contribution < 1.29 is 14.8 Å². The Labute approximate surface area is 97.4 Å². The summed E-state index contributed by atoms with van der Waals surface area (Å²) in [5.41, 5.74) is 0.237. The molecule has 0 aliphatic rings. The minimum Gasteiger partial charge on any atom is -0.497 e. The quantitative estimate of drug-likeness (QED) is 0.651. The van der Waals surface area contributed by atoms with Crippen LogP contribution >= 0.6 is 0 Å². The Bertz CT molecular complexity index is 580. The molecule has 0 atom stereocenters. The van der Waals surface area contributed by atoms with Crippen molar-refractivity contribution in [3.8, 4) is 5.75 Å². The van der Waals surface area contributed by atoms with Gasteiger partial charge in [0, 0.05) is 6.07 Å². The Balaban J connectivity index is 2.69. The molecule has 0 aromatic heterocycles. The van der Waals surface area contributed by atoms with Gasteiger partial charge in [0.1, 0.15) is 5.75 Å². The first kappa shape index (κ1) is 11.3. The van der Waals surface area contributed by atoms with Crippen LogP contribution in [0.15, 0.2) is 30.3 Å². The van der Waals surface area contributed by atoms with Gasteiger partial charge in [0.25, 0.3) is 5.69 Å². The Morgan fingerprint density at radius 1 is 1.29 bits per heavy atom. The molecule has 0 bridgehead atoms. The summed E-state index contributed by atoms with van der Waals surface area (Å²) in [6.45, 7) is -0.358. The Morgan fingerprint density at radius 2 is 2.06 bits per heavy atom. The van der Waals surface area contributed by atoms with Crippen molar-refractivity contribution in [1.29, 1.82) is 0 Å². The van der Waals surface area contributed by atoms with Gasteiger partial charge in [0.05, 0.1) is 24.2 Å². The lowest BCUT2D eigenvalue weighted by atomic mass is 10.1. The monoisotopic (exact) mass is 233 g/mol. The number of benzene rings is 2. The summed E-state index contributed by atoms with van der Waals surface area (Å²) in [6, 6.07) is 8.33. The summed E-state index contributed by atoms with van der Waals surface area (Å²) in [6.07, 6.45) is 0. The van der Waals surface area contributed by atoms with Crippen LogP contribution in [0.3, 0.4) is 0 Å². The lowest BCUT2D eigenvalue weighted by Gasteiger charge is -2.05. The van der Waals surface area contributed by atoms with Gasteiger partial charge in [-0.2, -0.15) is 0 Å². The Morgan fingerprint density at radius 3 is 2.65 bits per heavy atom. The fourth-order valence-corrected chi connectivity index (χ4v) is 1.73. The molecule has 0 heterocycles. The maximum atomic E-state index is 10.8. The predicted molar refractivity (Wildman–Crippen MR) is 63.1 cm³/mol. The van der Waals surface area contributed by atoms with Crippen LogP contribution in [-0.2, 0) is 6.61 Å². The van der Waals surface area contributed by atoms with Crippen molar-refractivity contribution in [3.63, 3.8) is 0 Å². The molecule has 0 aliphatic carbocycles. The third-order valence-corrected chi connectivity index (χ3v) is 2.61. The number of hydrogen-bond donors (Lipinski definition) is 1. The predicted octanol–water partition coefficient (Wildman–Crippen LogP) is 2.25. The van der Waals surface area contributed by atoms with Gasteiger partial charge in [-0.3, -0.25) is 10.1 Å². The van der Waals surface area contributed by atoms with E-state index >= 15 is 0 Å². The summed E-state index contributed by atoms with van der Waals surface area (Å²) in [4.78, 5) is 10.3. The normalized spacial score (nSPS) is 10.5. The largest absolute Gasteiger partial charge is 0.497 e. The van der Waals surface area contributed by atoms with Crippen molar-refractivity contribution in [1.82, 2.24) is 0 Å². The van der Waals surface area contributed by atoms with Crippen molar-refractivity contribution in [3.05, 3.63) is 46.0 Å². The fourth-order valence-electron chi connectivity index (χ4n) is 1.73. The minimum absolute atomic E-state index is 0.0647. The summed E-state index contributed by atoms with van der Waals surface area (Å²) < 4.78 is 5.08. The second-order valence-corrected chi connectivity index (χ2v) is 3.61. The summed E-state index contributed by atoms with van der Waals surface area (Å²) in [5.74, 6) is 0.676. The van der Waals surface area contributed by atoms with E-state index in [1.54, 1.807) is 31.4 Å². The molecule has 0 unspecified atom stereocenters. The zero-order chi connectivity index (χ0) is 12.4. The van der Waals surface area contributed by atoms with E-state index in [0.717, 1.165) is 10.8 Å². The number of nitro benzene ring substituents is 1. The smallest absolute Gasteiger partial charge is 0.275 e. The van der Waals surface area contributed by atoms with Gasteiger partial charge in [-0.05, 0) is 29.0 Å². The number of methoxy groups -OCH3 is 1. The molecule has 0 aliphatic heterocycles. The average molecular weight is 233 g/mol. The number of nitro groups is 1. The number of aliphatic hydroxyl groups is 1. The minimum atomic E-state index is -0.491. The molecule has 5 nitrogen and oxygen atoms in total. The topological polar surface area (TPSA) is 72.6 Å². The summed E-state index contributed by atoms with van der Waals surface area (Å²) >= 11 is 0. The molecule has 17 heavy (non-hydrogen) atoms. The molecule has 0 fully saturated rings. The maximum absolute atomic E-state index is 10.8. The highest BCUT2D eigenvalue weighted by Crippen LogP contribution is 2.28. The molecule has 0 amide bonds. The number of ether oxygens (including phenoxy) is 1. The SMILES string of the molecule is COc1ccc2cc([N+](=O)[O-])c(CO)cc2c1. The molecular formula is C12H11NO4. The standard InChI is InChI=1S/C12H11NO4/c1-17-11-3-2-8-6-12(13(15)16)10(7-14)4-9(8)5-11/h2-6,14H,7H2,1H3. The van der Waals surface area contributed by atoms with E-state index in [2.05, 4.69) is 0 Å². The number of aliphatic hydroxyl groups excluding tert-OH is 1. The van der Waals surface area contributed by atoms with Gasteiger partial charge in [0.2, 0.25) is 0 Å². The maximum Gasteiger partial charge on any atom is 0.275 e. The first-order valence-corrected chi connectivity index (χ1v) is 5.01. The van der Waals surface area contributed by atoms with Crippen LogP contribution < -0.4 is 4.74 Å². The first-order valence-electron chi connectivity index (χ1n) is 5.01. The van der Waals surface area contributed by atoms with Crippen LogP contribution in [0.25, 0.3) is 10.8 Å². The van der Waals surface area contributed by atoms with Crippen LogP contribution in [0.1, 0.15) is 5.56 Å². The van der Waals surface area contributed by atoms with E-state index in [0.29, 0.717) is 11.3 Å². The van der Waals surface area contributed by atoms with Crippen molar-refractivity contribution in [2.45, 2.75) is 6.61 Å². The Kier molecular flexibility index (Phi) is 2.93. The van der Waals surface area contributed by atoms with Crippen LogP contribution in [0.4, 0.5) is 5.69 Å². The fraction of sp³-hybridized carbons (Fsp3) is 0.167. The second kappa shape index (κ2) is 4.39. The highest BCUT2D eigenvalue weighted by molar-refractivity contribution is 5.87. The second-order valence-electron chi connectivity index (χ2n) is 3.61. The number of fused-ring (bicyclic) bond motifs is 1. The Hall–Kier alpha value is -2.14. The van der Waals surface area contributed by atoms with Crippen molar-refractivity contribution in [2.24, 2.45) is 0 Å². The first-order chi connectivity index (χ1) is 8.15. The van der Waals surface area contributed by atoms with Gasteiger partial charge in [0.15, 0.2) is 0 Å². The summed E-state index contributed by atoms with van der Waals surface area (Å²) in [7, 11) is 1.56. The molecule has 2 aromatic carbocycles. The molecule has 0 spiro atoms. The van der Waals surface area contributed by atoms with Crippen LogP contribution in [-0.4, -0.2) is 17.1 Å². The van der Waals surface area contributed by atoms with Crippen LogP contribution in [0, 0.1) is 10.1 Å². The third-order valence-electron chi connectivity index (χ3n) is 2.61. The average Bonchev–Trinajstić information content (AvgIpc) is 2.36. The van der Waals surface area contributed by atoms with E-state index in [1.165, 1.54) is 6.07 Å². The molecule has 0 saturated carbocycles. The van der Waals surface area contributed by atoms with Gasteiger partial charge in [-0.25, -0.2) is 0 Å². The van der Waals surface area contributed by atoms with Gasteiger partial charge in [-0.15, -0.1) is 0 Å². The molecule has 0 saturated heterocycles. The number of hydrogen-bond acceptors (Lipinski definition) is 4. The van der Waals surface area contributed by atoms with E-state index in [-0.39, 0.29) is 12.3 Å². The third kappa shape index (κ3) is 2.05. The molecule has 2 aromatic rings.